The minimum absolute atomic E-state index is 0.549. The molecule has 4 heteroatoms. The summed E-state index contributed by atoms with van der Waals surface area (Å²) in [4.78, 5) is 0. The van der Waals surface area contributed by atoms with Crippen LogP contribution in [0.3, 0.4) is 0 Å². The molecule has 0 heterocycles. The lowest BCUT2D eigenvalue weighted by atomic mass is 10.0. The molecule has 0 atom stereocenters. The Morgan fingerprint density at radius 3 is 2.17 bits per heavy atom. The Morgan fingerprint density at radius 2 is 1.61 bits per heavy atom. The first kappa shape index (κ1) is 12.5. The zero-order valence-corrected chi connectivity index (χ0v) is 9.75. The fourth-order valence-electron chi connectivity index (χ4n) is 1.80. The van der Waals surface area contributed by atoms with Gasteiger partial charge in [-0.05, 0) is 23.8 Å². The van der Waals surface area contributed by atoms with Crippen LogP contribution in [0, 0.1) is 0 Å². The van der Waals surface area contributed by atoms with Gasteiger partial charge in [0.05, 0.1) is 5.56 Å². The maximum Gasteiger partial charge on any atom is 0.416 e. The van der Waals surface area contributed by atoms with Crippen molar-refractivity contribution in [1.29, 1.82) is 0 Å². The van der Waals surface area contributed by atoms with E-state index in [4.69, 9.17) is 0 Å². The van der Waals surface area contributed by atoms with Crippen molar-refractivity contribution in [2.75, 3.05) is 12.4 Å². The molecular formula is C14H12F3N. The molecule has 0 spiro atoms. The zero-order valence-electron chi connectivity index (χ0n) is 9.75. The molecule has 2 aromatic rings. The van der Waals surface area contributed by atoms with E-state index in [0.717, 1.165) is 11.6 Å². The summed E-state index contributed by atoms with van der Waals surface area (Å²) < 4.78 is 38.1. The van der Waals surface area contributed by atoms with E-state index in [1.807, 2.05) is 6.07 Å². The number of benzene rings is 2. The van der Waals surface area contributed by atoms with Crippen LogP contribution in [0.2, 0.25) is 0 Å². The van der Waals surface area contributed by atoms with Crippen LogP contribution < -0.4 is 5.32 Å². The van der Waals surface area contributed by atoms with Crippen molar-refractivity contribution in [3.8, 4) is 11.1 Å². The van der Waals surface area contributed by atoms with Gasteiger partial charge in [-0.2, -0.15) is 13.2 Å². The number of rotatable bonds is 2. The van der Waals surface area contributed by atoms with Crippen LogP contribution in [0.1, 0.15) is 5.56 Å². The number of hydrogen-bond donors (Lipinski definition) is 1. The number of anilines is 1. The Balaban J connectivity index is 2.57. The number of halogens is 3. The summed E-state index contributed by atoms with van der Waals surface area (Å²) in [5.74, 6) is 0. The Labute approximate surface area is 103 Å². The number of nitrogens with one attached hydrogen (secondary N) is 1. The van der Waals surface area contributed by atoms with Gasteiger partial charge in [0.2, 0.25) is 0 Å². The van der Waals surface area contributed by atoms with Crippen LogP contribution in [0.15, 0.2) is 48.5 Å². The van der Waals surface area contributed by atoms with E-state index in [0.29, 0.717) is 11.3 Å². The van der Waals surface area contributed by atoms with Gasteiger partial charge >= 0.3 is 6.18 Å². The predicted molar refractivity (Wildman–Crippen MR) is 66.4 cm³/mol. The van der Waals surface area contributed by atoms with Gasteiger partial charge in [-0.15, -0.1) is 0 Å². The second-order valence-electron chi connectivity index (χ2n) is 3.87. The highest BCUT2D eigenvalue weighted by Gasteiger charge is 2.31. The summed E-state index contributed by atoms with van der Waals surface area (Å²) in [6.07, 6.45) is -4.32. The van der Waals surface area contributed by atoms with Crippen LogP contribution in [-0.2, 0) is 6.18 Å². The molecule has 0 unspecified atom stereocenters. The van der Waals surface area contributed by atoms with Crippen molar-refractivity contribution in [2.45, 2.75) is 6.18 Å². The van der Waals surface area contributed by atoms with Gasteiger partial charge in [0.15, 0.2) is 0 Å². The summed E-state index contributed by atoms with van der Waals surface area (Å²) in [5, 5.41) is 2.91. The molecule has 0 bridgehead atoms. The molecule has 94 valence electrons. The smallest absolute Gasteiger partial charge is 0.388 e. The molecule has 0 saturated heterocycles. The highest BCUT2D eigenvalue weighted by atomic mass is 19.4. The van der Waals surface area contributed by atoms with Gasteiger partial charge in [0, 0.05) is 18.3 Å². The maximum atomic E-state index is 12.7. The molecule has 2 rings (SSSR count). The lowest BCUT2D eigenvalue weighted by Gasteiger charge is -2.13. The van der Waals surface area contributed by atoms with Gasteiger partial charge in [-0.3, -0.25) is 0 Å². The minimum atomic E-state index is -4.32. The first-order valence-corrected chi connectivity index (χ1v) is 5.47. The topological polar surface area (TPSA) is 12.0 Å². The van der Waals surface area contributed by atoms with Gasteiger partial charge in [0.1, 0.15) is 0 Å². The lowest BCUT2D eigenvalue weighted by molar-refractivity contribution is -0.137. The summed E-state index contributed by atoms with van der Waals surface area (Å²) in [5.41, 5.74) is 1.34. The van der Waals surface area contributed by atoms with Crippen LogP contribution >= 0.6 is 0 Å². The fourth-order valence-corrected chi connectivity index (χ4v) is 1.80. The lowest BCUT2D eigenvalue weighted by Crippen LogP contribution is -2.05. The Morgan fingerprint density at radius 1 is 0.944 bits per heavy atom. The molecule has 18 heavy (non-hydrogen) atoms. The van der Waals surface area contributed by atoms with Gasteiger partial charge in [-0.25, -0.2) is 0 Å². The SMILES string of the molecule is CNc1ccc(C(F)(F)F)cc1-c1ccccc1. The average molecular weight is 251 g/mol. The summed E-state index contributed by atoms with van der Waals surface area (Å²) in [7, 11) is 1.69. The first-order chi connectivity index (χ1) is 8.52. The molecule has 1 N–H and O–H groups in total. The standard InChI is InChI=1S/C14H12F3N/c1-18-13-8-7-11(14(15,16)17)9-12(13)10-5-3-2-4-6-10/h2-9,18H,1H3. The summed E-state index contributed by atoms with van der Waals surface area (Å²) in [6.45, 7) is 0. The molecule has 1 nitrogen and oxygen atoms in total. The second-order valence-corrected chi connectivity index (χ2v) is 3.87. The highest BCUT2D eigenvalue weighted by molar-refractivity contribution is 5.78. The third-order valence-corrected chi connectivity index (χ3v) is 2.70. The van der Waals surface area contributed by atoms with Gasteiger partial charge < -0.3 is 5.32 Å². The van der Waals surface area contributed by atoms with Gasteiger partial charge in [-0.1, -0.05) is 30.3 Å². The predicted octanol–water partition coefficient (Wildman–Crippen LogP) is 4.41. The van der Waals surface area contributed by atoms with E-state index < -0.39 is 11.7 Å². The molecule has 0 aliphatic heterocycles. The molecule has 0 amide bonds. The van der Waals surface area contributed by atoms with E-state index in [1.165, 1.54) is 12.1 Å². The van der Waals surface area contributed by atoms with E-state index in [2.05, 4.69) is 5.32 Å². The van der Waals surface area contributed by atoms with Crippen LogP contribution in [-0.4, -0.2) is 7.05 Å². The van der Waals surface area contributed by atoms with Crippen molar-refractivity contribution in [3.05, 3.63) is 54.1 Å². The quantitative estimate of drug-likeness (QED) is 0.833. The molecular weight excluding hydrogens is 239 g/mol. The number of alkyl halides is 3. The molecule has 0 saturated carbocycles. The largest absolute Gasteiger partial charge is 0.416 e. The van der Waals surface area contributed by atoms with Crippen molar-refractivity contribution in [1.82, 2.24) is 0 Å². The fraction of sp³-hybridized carbons (Fsp3) is 0.143. The Bertz CT molecular complexity index is 532. The molecule has 0 aliphatic carbocycles. The highest BCUT2D eigenvalue weighted by Crippen LogP contribution is 2.35. The first-order valence-electron chi connectivity index (χ1n) is 5.47. The van der Waals surface area contributed by atoms with Gasteiger partial charge in [0.25, 0.3) is 0 Å². The molecule has 0 aliphatic rings. The van der Waals surface area contributed by atoms with E-state index in [1.54, 1.807) is 31.3 Å². The van der Waals surface area contributed by atoms with Crippen LogP contribution in [0.5, 0.6) is 0 Å². The van der Waals surface area contributed by atoms with Crippen molar-refractivity contribution >= 4 is 5.69 Å². The third kappa shape index (κ3) is 2.47. The van der Waals surface area contributed by atoms with E-state index in [-0.39, 0.29) is 0 Å². The van der Waals surface area contributed by atoms with Crippen molar-refractivity contribution in [3.63, 3.8) is 0 Å². The van der Waals surface area contributed by atoms with E-state index in [9.17, 15) is 13.2 Å². The van der Waals surface area contributed by atoms with Crippen LogP contribution in [0.4, 0.5) is 18.9 Å². The normalized spacial score (nSPS) is 11.3. The van der Waals surface area contributed by atoms with Crippen molar-refractivity contribution < 1.29 is 13.2 Å². The third-order valence-electron chi connectivity index (χ3n) is 2.70. The average Bonchev–Trinajstić information content (AvgIpc) is 2.38. The molecule has 0 fully saturated rings. The molecule has 0 aromatic heterocycles. The maximum absolute atomic E-state index is 12.7. The summed E-state index contributed by atoms with van der Waals surface area (Å²) in [6, 6.07) is 12.7. The number of hydrogen-bond acceptors (Lipinski definition) is 1. The Kier molecular flexibility index (Phi) is 3.28. The van der Waals surface area contributed by atoms with Crippen LogP contribution in [0.25, 0.3) is 11.1 Å². The van der Waals surface area contributed by atoms with Crippen molar-refractivity contribution in [2.24, 2.45) is 0 Å². The monoisotopic (exact) mass is 251 g/mol. The van der Waals surface area contributed by atoms with E-state index >= 15 is 0 Å². The molecule has 0 radical (unpaired) electrons. The molecule has 2 aromatic carbocycles. The Hall–Kier alpha value is -1.97. The summed E-state index contributed by atoms with van der Waals surface area (Å²) >= 11 is 0. The zero-order chi connectivity index (χ0) is 13.2. The second kappa shape index (κ2) is 4.72. The minimum Gasteiger partial charge on any atom is -0.388 e.